The Morgan fingerprint density at radius 3 is 2.26 bits per heavy atom. The Labute approximate surface area is 253 Å². The monoisotopic (exact) mass is 604 g/mol. The lowest BCUT2D eigenvalue weighted by Crippen LogP contribution is -2.62. The summed E-state index contributed by atoms with van der Waals surface area (Å²) in [6.45, 7) is 15.8. The van der Waals surface area contributed by atoms with Gasteiger partial charge in [0, 0.05) is 32.1 Å². The molecule has 2 saturated carbocycles. The number of carbonyl (C=O) groups excluding carboxylic acids is 5. The molecule has 12 heteroatoms. The standard InChI is InChI=1S/C30H48N6O5S/c1-16(2)20(15-35-11-8-12-42-35)33-28(41)34-24(29(3,4)5)27(40)36-14-18-21(30(18,6)7)22(36)26(39)32-19(13-17-9-10-17)23(37)25(31)38/h16-22,24H,8-11,13-15H2,1-7H3,(H2,31,38)(H,32,39)(H2,33,34,41)/t18-,19?,20+,21-,22-,24+/m0/s1. The number of ketones is 1. The number of piperidine rings is 1. The van der Waals surface area contributed by atoms with Gasteiger partial charge >= 0.3 is 6.03 Å². The molecule has 1 unspecified atom stereocenters. The number of fused-ring (bicyclic) bond motifs is 1. The molecule has 2 aliphatic heterocycles. The molecule has 6 atom stereocenters. The van der Waals surface area contributed by atoms with Gasteiger partial charge in [-0.2, -0.15) is 0 Å². The maximum Gasteiger partial charge on any atom is 0.315 e. The van der Waals surface area contributed by atoms with Crippen LogP contribution in [-0.2, 0) is 19.2 Å². The molecule has 0 aromatic rings. The van der Waals surface area contributed by atoms with Crippen LogP contribution >= 0.6 is 11.4 Å². The third-order valence-corrected chi connectivity index (χ3v) is 10.4. The number of urea groups is 1. The summed E-state index contributed by atoms with van der Waals surface area (Å²) in [5, 5.41) is 12.0. The number of hydrogen-bond donors (Lipinski definition) is 4. The zero-order valence-corrected chi connectivity index (χ0v) is 26.8. The fraction of sp³-hybridized carbons (Fsp3) is 0.800. The highest BCUT2D eigenvalue weighted by molar-refractivity contribution is 7.86. The summed E-state index contributed by atoms with van der Waals surface area (Å²) < 4.78 is 2.16. The Hall–Kier alpha value is -2.69. The summed E-state index contributed by atoms with van der Waals surface area (Å²) in [4.78, 5) is 67.1. The van der Waals surface area contributed by atoms with Crippen LogP contribution in [0.4, 0.5) is 4.79 Å². The fourth-order valence-electron chi connectivity index (χ4n) is 6.44. The third-order valence-electron chi connectivity index (χ3n) is 9.47. The molecule has 0 spiro atoms. The van der Waals surface area contributed by atoms with Crippen molar-refractivity contribution in [1.82, 2.24) is 25.2 Å². The van der Waals surface area contributed by atoms with Crippen LogP contribution in [0.3, 0.4) is 0 Å². The van der Waals surface area contributed by atoms with E-state index < -0.39 is 47.2 Å². The second kappa shape index (κ2) is 12.1. The molecule has 0 aromatic carbocycles. The van der Waals surface area contributed by atoms with Gasteiger partial charge in [0.25, 0.3) is 5.91 Å². The first kappa shape index (κ1) is 32.2. The first-order valence-corrected chi connectivity index (χ1v) is 16.0. The Morgan fingerprint density at radius 1 is 1.07 bits per heavy atom. The number of primary amides is 1. The van der Waals surface area contributed by atoms with Crippen LogP contribution in [0.1, 0.15) is 74.1 Å². The summed E-state index contributed by atoms with van der Waals surface area (Å²) in [5.74, 6) is -2.19. The minimum atomic E-state index is -1.08. The predicted octanol–water partition coefficient (Wildman–Crippen LogP) is 1.86. The Bertz CT molecular complexity index is 1180. The maximum atomic E-state index is 14.2. The van der Waals surface area contributed by atoms with Gasteiger partial charge < -0.3 is 26.6 Å². The van der Waals surface area contributed by atoms with E-state index in [1.807, 2.05) is 34.6 Å². The van der Waals surface area contributed by atoms with Crippen molar-refractivity contribution in [2.45, 2.75) is 98.3 Å². The van der Waals surface area contributed by atoms with E-state index in [9.17, 15) is 24.0 Å². The van der Waals surface area contributed by atoms with Gasteiger partial charge in [-0.15, -0.1) is 0 Å². The van der Waals surface area contributed by atoms with Crippen LogP contribution in [-0.4, -0.2) is 82.5 Å². The number of nitrogens with two attached hydrogens (primary N) is 1. The van der Waals surface area contributed by atoms with Crippen molar-refractivity contribution >= 4 is 40.9 Å². The number of nitrogens with zero attached hydrogens (tertiary/aromatic N) is 2. The molecular weight excluding hydrogens is 556 g/mol. The molecule has 42 heavy (non-hydrogen) atoms. The quantitative estimate of drug-likeness (QED) is 0.197. The molecule has 0 bridgehead atoms. The van der Waals surface area contributed by atoms with Gasteiger partial charge in [0.2, 0.25) is 17.6 Å². The smallest absolute Gasteiger partial charge is 0.315 e. The molecule has 5 amide bonds. The van der Waals surface area contributed by atoms with Crippen molar-refractivity contribution in [2.75, 3.05) is 19.6 Å². The van der Waals surface area contributed by atoms with Crippen molar-refractivity contribution in [2.24, 2.45) is 40.2 Å². The molecule has 234 valence electrons. The maximum absolute atomic E-state index is 14.2. The molecule has 4 aliphatic rings. The number of rotatable bonds is 12. The van der Waals surface area contributed by atoms with Gasteiger partial charge in [-0.3, -0.25) is 19.2 Å². The molecule has 0 aromatic heterocycles. The average molecular weight is 605 g/mol. The first-order chi connectivity index (χ1) is 19.5. The highest BCUT2D eigenvalue weighted by Crippen LogP contribution is 2.65. The molecule has 0 radical (unpaired) electrons. The lowest BCUT2D eigenvalue weighted by atomic mass is 9.85. The van der Waals surface area contributed by atoms with E-state index in [0.29, 0.717) is 19.5 Å². The largest absolute Gasteiger partial charge is 0.363 e. The Balaban J connectivity index is 1.50. The molecule has 3 fully saturated rings. The normalized spacial score (nSPS) is 26.6. The third kappa shape index (κ3) is 7.09. The number of carbonyl (C=O) groups is 5. The highest BCUT2D eigenvalue weighted by atomic mass is 32.1. The zero-order chi connectivity index (χ0) is 31.1. The summed E-state index contributed by atoms with van der Waals surface area (Å²) in [6.07, 6.45) is 3.12. The van der Waals surface area contributed by atoms with E-state index in [2.05, 4.69) is 39.3 Å². The number of likely N-dealkylation sites (tertiary alicyclic amines) is 1. The summed E-state index contributed by atoms with van der Waals surface area (Å²) in [7, 11) is 0. The van der Waals surface area contributed by atoms with E-state index in [1.54, 1.807) is 16.3 Å². The minimum Gasteiger partial charge on any atom is -0.363 e. The molecule has 2 aliphatic carbocycles. The average Bonchev–Trinajstić information content (AvgIpc) is 3.60. The second-order valence-corrected chi connectivity index (χ2v) is 15.5. The molecule has 5 N–H and O–H groups in total. The zero-order valence-electron chi connectivity index (χ0n) is 26.0. The highest BCUT2D eigenvalue weighted by Gasteiger charge is 2.70. The van der Waals surface area contributed by atoms with E-state index >= 15 is 0 Å². The molecule has 4 rings (SSSR count). The SMILES string of the molecule is CC(C)[C@@H](CN1CCC#S1)NC(=O)N[C@H](C(=O)N1C[C@H]2[C@@H]([C@H]1C(=O)NC(CC1CC1)C(=O)C(N)=O)C2(C)C)C(C)(C)C. The van der Waals surface area contributed by atoms with Crippen LogP contribution in [0.25, 0.3) is 0 Å². The van der Waals surface area contributed by atoms with Gasteiger partial charge in [0.15, 0.2) is 0 Å². The van der Waals surface area contributed by atoms with E-state index in [1.165, 1.54) is 0 Å². The van der Waals surface area contributed by atoms with Crippen molar-refractivity contribution in [3.05, 3.63) is 0 Å². The lowest BCUT2D eigenvalue weighted by Gasteiger charge is -2.38. The second-order valence-electron chi connectivity index (χ2n) is 14.5. The number of hydrogen-bond acceptors (Lipinski definition) is 6. The number of amides is 5. The number of Topliss-reactive ketones (excluding diaryl/α,β-unsaturated/α-hetero) is 1. The molecule has 1 saturated heterocycles. The summed E-state index contributed by atoms with van der Waals surface area (Å²) in [6, 6.07) is -3.25. The first-order valence-electron chi connectivity index (χ1n) is 15.2. The molecule has 2 heterocycles. The Morgan fingerprint density at radius 2 is 1.74 bits per heavy atom. The van der Waals surface area contributed by atoms with Gasteiger partial charge in [0.05, 0.1) is 6.04 Å². The number of nitrogens with one attached hydrogen (secondary N) is 3. The van der Waals surface area contributed by atoms with Gasteiger partial charge in [-0.25, -0.2) is 9.10 Å². The van der Waals surface area contributed by atoms with Crippen molar-refractivity contribution in [3.63, 3.8) is 0 Å². The summed E-state index contributed by atoms with van der Waals surface area (Å²) >= 11 is 1.54. The minimum absolute atomic E-state index is 0.0851. The molecular formula is C30H48N6O5S. The predicted molar refractivity (Wildman–Crippen MR) is 161 cm³/mol. The molecule has 11 nitrogen and oxygen atoms in total. The van der Waals surface area contributed by atoms with Gasteiger partial charge in [-0.1, -0.05) is 66.5 Å². The van der Waals surface area contributed by atoms with Crippen molar-refractivity contribution < 1.29 is 24.0 Å². The van der Waals surface area contributed by atoms with E-state index in [-0.39, 0.29) is 41.0 Å². The Kier molecular flexibility index (Phi) is 9.31. The van der Waals surface area contributed by atoms with Crippen LogP contribution in [0, 0.1) is 39.7 Å². The van der Waals surface area contributed by atoms with Gasteiger partial charge in [-0.05, 0) is 52.3 Å². The van der Waals surface area contributed by atoms with Crippen molar-refractivity contribution in [1.29, 1.82) is 0 Å². The summed E-state index contributed by atoms with van der Waals surface area (Å²) in [5.41, 5.74) is 4.50. The van der Waals surface area contributed by atoms with Crippen LogP contribution in [0.5, 0.6) is 0 Å². The topological polar surface area (TPSA) is 154 Å². The van der Waals surface area contributed by atoms with Crippen molar-refractivity contribution in [3.8, 4) is 5.18 Å². The van der Waals surface area contributed by atoms with Crippen LogP contribution in [0.2, 0.25) is 0 Å². The van der Waals surface area contributed by atoms with Crippen LogP contribution in [0.15, 0.2) is 0 Å². The van der Waals surface area contributed by atoms with Gasteiger partial charge in [0.1, 0.15) is 12.1 Å². The lowest BCUT2D eigenvalue weighted by molar-refractivity contribution is -0.145. The van der Waals surface area contributed by atoms with E-state index in [4.69, 9.17) is 5.73 Å². The van der Waals surface area contributed by atoms with Crippen LogP contribution < -0.4 is 21.7 Å². The fourth-order valence-corrected chi connectivity index (χ4v) is 7.22. The van der Waals surface area contributed by atoms with E-state index in [0.717, 1.165) is 25.8 Å².